The molecular weight excluding hydrogens is 202 g/mol. The number of carbonyl (C=O) groups is 1. The maximum atomic E-state index is 11.9. The number of nitrogens with zero attached hydrogens (tertiary/aromatic N) is 1. The molecule has 16 heavy (non-hydrogen) atoms. The summed E-state index contributed by atoms with van der Waals surface area (Å²) in [6.07, 6.45) is 5.75. The summed E-state index contributed by atoms with van der Waals surface area (Å²) in [6, 6.07) is 0. The zero-order valence-electron chi connectivity index (χ0n) is 10.9. The molecule has 0 aromatic carbocycles. The van der Waals surface area contributed by atoms with E-state index in [1.54, 1.807) is 0 Å². The summed E-state index contributed by atoms with van der Waals surface area (Å²) in [6.45, 7) is 7.78. The van der Waals surface area contributed by atoms with Gasteiger partial charge in [0.2, 0.25) is 5.91 Å². The third-order valence-corrected chi connectivity index (χ3v) is 3.02. The van der Waals surface area contributed by atoms with Crippen LogP contribution in [0.2, 0.25) is 0 Å². The summed E-state index contributed by atoms with van der Waals surface area (Å²) in [5.74, 6) is 0.304. The smallest absolute Gasteiger partial charge is 0.222 e. The summed E-state index contributed by atoms with van der Waals surface area (Å²) in [4.78, 5) is 13.9. The van der Waals surface area contributed by atoms with Crippen molar-refractivity contribution in [2.75, 3.05) is 13.1 Å². The molecule has 0 aromatic heterocycles. The Labute approximate surface area is 99.1 Å². The predicted molar refractivity (Wildman–Crippen MR) is 65.3 cm³/mol. The average molecular weight is 227 g/mol. The van der Waals surface area contributed by atoms with Crippen molar-refractivity contribution in [1.29, 1.82) is 0 Å². The fourth-order valence-electron chi connectivity index (χ4n) is 2.24. The van der Waals surface area contributed by atoms with Gasteiger partial charge in [-0.2, -0.15) is 0 Å². The standard InChI is InChI=1S/C13H25NO2/c1-4-5-6-7-8-13(15)14-9-11(2)16-12(3)10-14/h11-12H,4-10H2,1-3H3/t11-,12+. The van der Waals surface area contributed by atoms with Crippen molar-refractivity contribution in [2.45, 2.75) is 65.1 Å². The van der Waals surface area contributed by atoms with E-state index in [4.69, 9.17) is 4.74 Å². The number of unbranched alkanes of at least 4 members (excludes halogenated alkanes) is 3. The number of carbonyl (C=O) groups excluding carboxylic acids is 1. The molecule has 0 aliphatic carbocycles. The molecule has 1 heterocycles. The SMILES string of the molecule is CCCCCCC(=O)N1C[C@@H](C)O[C@@H](C)C1. The van der Waals surface area contributed by atoms with Crippen molar-refractivity contribution in [1.82, 2.24) is 4.90 Å². The monoisotopic (exact) mass is 227 g/mol. The summed E-state index contributed by atoms with van der Waals surface area (Å²) < 4.78 is 5.62. The van der Waals surface area contributed by atoms with Gasteiger partial charge in [-0.1, -0.05) is 26.2 Å². The quantitative estimate of drug-likeness (QED) is 0.676. The molecular formula is C13H25NO2. The minimum atomic E-state index is 0.184. The maximum Gasteiger partial charge on any atom is 0.222 e. The molecule has 0 bridgehead atoms. The van der Waals surface area contributed by atoms with E-state index in [1.807, 2.05) is 18.7 Å². The molecule has 1 amide bonds. The molecule has 1 aliphatic rings. The van der Waals surface area contributed by atoms with Crippen LogP contribution in [-0.4, -0.2) is 36.1 Å². The molecule has 0 radical (unpaired) electrons. The lowest BCUT2D eigenvalue weighted by atomic mass is 10.1. The summed E-state index contributed by atoms with van der Waals surface area (Å²) in [7, 11) is 0. The average Bonchev–Trinajstić information content (AvgIpc) is 2.22. The third kappa shape index (κ3) is 4.52. The molecule has 1 fully saturated rings. The lowest BCUT2D eigenvalue weighted by molar-refractivity contribution is -0.143. The van der Waals surface area contributed by atoms with E-state index in [0.717, 1.165) is 19.5 Å². The molecule has 0 aromatic rings. The molecule has 94 valence electrons. The Balaban J connectivity index is 2.24. The third-order valence-electron chi connectivity index (χ3n) is 3.02. The molecule has 2 atom stereocenters. The molecule has 0 spiro atoms. The van der Waals surface area contributed by atoms with Crippen molar-refractivity contribution in [3.05, 3.63) is 0 Å². The highest BCUT2D eigenvalue weighted by Crippen LogP contribution is 2.13. The van der Waals surface area contributed by atoms with Crippen LogP contribution in [0.1, 0.15) is 52.9 Å². The Morgan fingerprint density at radius 1 is 1.19 bits per heavy atom. The molecule has 3 heteroatoms. The summed E-state index contributed by atoms with van der Waals surface area (Å²) in [5.41, 5.74) is 0. The highest BCUT2D eigenvalue weighted by molar-refractivity contribution is 5.76. The van der Waals surface area contributed by atoms with Gasteiger partial charge in [0, 0.05) is 19.5 Å². The van der Waals surface area contributed by atoms with Crippen LogP contribution in [0.3, 0.4) is 0 Å². The molecule has 3 nitrogen and oxygen atoms in total. The van der Waals surface area contributed by atoms with Crippen LogP contribution in [0, 0.1) is 0 Å². The Morgan fingerprint density at radius 3 is 2.38 bits per heavy atom. The van der Waals surface area contributed by atoms with Gasteiger partial charge in [0.15, 0.2) is 0 Å². The van der Waals surface area contributed by atoms with Gasteiger partial charge in [0.1, 0.15) is 0 Å². The number of rotatable bonds is 5. The van der Waals surface area contributed by atoms with E-state index >= 15 is 0 Å². The summed E-state index contributed by atoms with van der Waals surface area (Å²) in [5, 5.41) is 0. The summed E-state index contributed by atoms with van der Waals surface area (Å²) >= 11 is 0. The second kappa shape index (κ2) is 6.89. The first-order chi connectivity index (χ1) is 7.63. The molecule has 0 N–H and O–H groups in total. The first kappa shape index (κ1) is 13.5. The molecule has 0 unspecified atom stereocenters. The number of hydrogen-bond acceptors (Lipinski definition) is 2. The van der Waals surface area contributed by atoms with Gasteiger partial charge < -0.3 is 9.64 Å². The van der Waals surface area contributed by atoms with Crippen molar-refractivity contribution in [2.24, 2.45) is 0 Å². The topological polar surface area (TPSA) is 29.5 Å². The first-order valence-corrected chi connectivity index (χ1v) is 6.56. The fraction of sp³-hybridized carbons (Fsp3) is 0.923. The van der Waals surface area contributed by atoms with Gasteiger partial charge in [-0.15, -0.1) is 0 Å². The van der Waals surface area contributed by atoms with Crippen molar-refractivity contribution < 1.29 is 9.53 Å². The second-order valence-corrected chi connectivity index (χ2v) is 4.87. The van der Waals surface area contributed by atoms with Gasteiger partial charge in [-0.3, -0.25) is 4.79 Å². The van der Waals surface area contributed by atoms with Crippen LogP contribution in [-0.2, 0) is 9.53 Å². The van der Waals surface area contributed by atoms with Crippen LogP contribution in [0.4, 0.5) is 0 Å². The molecule has 1 rings (SSSR count). The van der Waals surface area contributed by atoms with E-state index in [0.29, 0.717) is 12.3 Å². The van der Waals surface area contributed by atoms with Crippen LogP contribution < -0.4 is 0 Å². The van der Waals surface area contributed by atoms with E-state index in [1.165, 1.54) is 19.3 Å². The molecule has 1 saturated heterocycles. The fourth-order valence-corrected chi connectivity index (χ4v) is 2.24. The van der Waals surface area contributed by atoms with Gasteiger partial charge in [0.25, 0.3) is 0 Å². The lowest BCUT2D eigenvalue weighted by Gasteiger charge is -2.35. The van der Waals surface area contributed by atoms with Crippen molar-refractivity contribution in [3.8, 4) is 0 Å². The zero-order chi connectivity index (χ0) is 12.0. The Bertz CT molecular complexity index is 208. The largest absolute Gasteiger partial charge is 0.372 e. The number of amides is 1. The van der Waals surface area contributed by atoms with Gasteiger partial charge in [-0.05, 0) is 20.3 Å². The predicted octanol–water partition coefficient (Wildman–Crippen LogP) is 2.59. The Kier molecular flexibility index (Phi) is 5.81. The number of morpholine rings is 1. The molecule has 0 saturated carbocycles. The lowest BCUT2D eigenvalue weighted by Crippen LogP contribution is -2.48. The van der Waals surface area contributed by atoms with E-state index < -0.39 is 0 Å². The van der Waals surface area contributed by atoms with E-state index in [2.05, 4.69) is 6.92 Å². The normalized spacial score (nSPS) is 25.8. The van der Waals surface area contributed by atoms with Crippen molar-refractivity contribution >= 4 is 5.91 Å². The number of ether oxygens (including phenoxy) is 1. The van der Waals surface area contributed by atoms with E-state index in [9.17, 15) is 4.79 Å². The van der Waals surface area contributed by atoms with Crippen molar-refractivity contribution in [3.63, 3.8) is 0 Å². The zero-order valence-corrected chi connectivity index (χ0v) is 10.9. The minimum Gasteiger partial charge on any atom is -0.372 e. The highest BCUT2D eigenvalue weighted by atomic mass is 16.5. The minimum absolute atomic E-state index is 0.184. The highest BCUT2D eigenvalue weighted by Gasteiger charge is 2.25. The van der Waals surface area contributed by atoms with Gasteiger partial charge in [0.05, 0.1) is 12.2 Å². The molecule has 1 aliphatic heterocycles. The van der Waals surface area contributed by atoms with Crippen LogP contribution in [0.15, 0.2) is 0 Å². The Morgan fingerprint density at radius 2 is 1.81 bits per heavy atom. The Hall–Kier alpha value is -0.570. The number of hydrogen-bond donors (Lipinski definition) is 0. The van der Waals surface area contributed by atoms with Crippen LogP contribution in [0.25, 0.3) is 0 Å². The van der Waals surface area contributed by atoms with Crippen LogP contribution in [0.5, 0.6) is 0 Å². The van der Waals surface area contributed by atoms with E-state index in [-0.39, 0.29) is 12.2 Å². The van der Waals surface area contributed by atoms with Gasteiger partial charge in [-0.25, -0.2) is 0 Å². The first-order valence-electron chi connectivity index (χ1n) is 6.56. The van der Waals surface area contributed by atoms with Gasteiger partial charge >= 0.3 is 0 Å². The van der Waals surface area contributed by atoms with Crippen LogP contribution >= 0.6 is 0 Å². The maximum absolute atomic E-state index is 11.9. The second-order valence-electron chi connectivity index (χ2n) is 4.87.